The Morgan fingerprint density at radius 2 is 1.93 bits per heavy atom. The first-order chi connectivity index (χ1) is 14.6. The van der Waals surface area contributed by atoms with Gasteiger partial charge in [-0.25, -0.2) is 5.10 Å². The van der Waals surface area contributed by atoms with Crippen molar-refractivity contribution in [1.29, 1.82) is 0 Å². The van der Waals surface area contributed by atoms with Crippen LogP contribution >= 0.6 is 23.2 Å². The van der Waals surface area contributed by atoms with E-state index in [1.165, 1.54) is 0 Å². The molecule has 0 fully saturated rings. The average Bonchev–Trinajstić information content (AvgIpc) is 3.22. The molecule has 0 saturated carbocycles. The van der Waals surface area contributed by atoms with Crippen LogP contribution in [0.2, 0.25) is 10.0 Å². The van der Waals surface area contributed by atoms with Gasteiger partial charge in [0, 0.05) is 16.1 Å². The Balaban J connectivity index is 1.80. The molecular weight excluding hydrogens is 429 g/mol. The highest BCUT2D eigenvalue weighted by atomic mass is 35.5. The van der Waals surface area contributed by atoms with Crippen LogP contribution in [0, 0.1) is 0 Å². The molecule has 150 valence electrons. The Morgan fingerprint density at radius 3 is 2.67 bits per heavy atom. The third-order valence-corrected chi connectivity index (χ3v) is 5.43. The van der Waals surface area contributed by atoms with E-state index in [0.717, 1.165) is 5.56 Å². The molecule has 0 amide bonds. The van der Waals surface area contributed by atoms with Crippen molar-refractivity contribution in [2.75, 3.05) is 12.4 Å². The SMILES string of the molecule is COc1ccc([C@H]2c3c(-c4ccc(Cl)cc4Cl)n[nH]c(=O)c3Nc3nnnn32)cc1. The van der Waals surface area contributed by atoms with E-state index in [2.05, 4.69) is 31.0 Å². The summed E-state index contributed by atoms with van der Waals surface area (Å²) >= 11 is 12.5. The number of benzene rings is 2. The Morgan fingerprint density at radius 1 is 1.13 bits per heavy atom. The van der Waals surface area contributed by atoms with Crippen molar-refractivity contribution in [3.05, 3.63) is 74.0 Å². The lowest BCUT2D eigenvalue weighted by molar-refractivity contribution is 0.414. The summed E-state index contributed by atoms with van der Waals surface area (Å²) in [5, 5.41) is 22.6. The van der Waals surface area contributed by atoms with Crippen molar-refractivity contribution in [2.45, 2.75) is 6.04 Å². The molecule has 0 bridgehead atoms. The Labute approximate surface area is 179 Å². The number of nitrogens with zero attached hydrogens (tertiary/aromatic N) is 5. The standard InChI is InChI=1S/C19H13Cl2N7O2/c1-30-11-5-2-9(3-6-11)17-14-15(12-7-4-10(20)8-13(12)21)23-24-18(29)16(14)22-19-25-26-27-28(17)19/h2-8,17H,1H3,(H,24,29)(H,22,25,27)/t17-/m0/s1. The molecule has 0 radical (unpaired) electrons. The number of halogens is 2. The van der Waals surface area contributed by atoms with E-state index in [9.17, 15) is 4.79 Å². The summed E-state index contributed by atoms with van der Waals surface area (Å²) in [5.74, 6) is 1.04. The first kappa shape index (κ1) is 18.6. The third kappa shape index (κ3) is 2.90. The maximum Gasteiger partial charge on any atom is 0.288 e. The highest BCUT2D eigenvalue weighted by Crippen LogP contribution is 2.42. The quantitative estimate of drug-likeness (QED) is 0.441. The van der Waals surface area contributed by atoms with Gasteiger partial charge >= 0.3 is 0 Å². The molecule has 0 unspecified atom stereocenters. The minimum absolute atomic E-state index is 0.300. The van der Waals surface area contributed by atoms with Gasteiger partial charge in [0.1, 0.15) is 23.2 Å². The maximum absolute atomic E-state index is 12.7. The summed E-state index contributed by atoms with van der Waals surface area (Å²) in [5.41, 5.74) is 2.44. The third-order valence-electron chi connectivity index (χ3n) is 4.89. The number of tetrazole rings is 1. The van der Waals surface area contributed by atoms with Crippen molar-refractivity contribution in [2.24, 2.45) is 0 Å². The van der Waals surface area contributed by atoms with E-state index in [-0.39, 0.29) is 0 Å². The Hall–Kier alpha value is -3.43. The van der Waals surface area contributed by atoms with Gasteiger partial charge in [-0.15, -0.1) is 0 Å². The molecule has 2 aromatic heterocycles. The van der Waals surface area contributed by atoms with E-state index in [1.54, 1.807) is 30.0 Å². The summed E-state index contributed by atoms with van der Waals surface area (Å²) < 4.78 is 6.86. The van der Waals surface area contributed by atoms with Crippen LogP contribution in [0.1, 0.15) is 17.2 Å². The maximum atomic E-state index is 12.7. The zero-order valence-electron chi connectivity index (χ0n) is 15.4. The number of rotatable bonds is 3. The Bertz CT molecular complexity index is 1320. The fraction of sp³-hybridized carbons (Fsp3) is 0.105. The van der Waals surface area contributed by atoms with Crippen molar-refractivity contribution >= 4 is 34.8 Å². The predicted octanol–water partition coefficient (Wildman–Crippen LogP) is 3.43. The van der Waals surface area contributed by atoms with Gasteiger partial charge in [-0.05, 0) is 46.3 Å². The molecule has 30 heavy (non-hydrogen) atoms. The lowest BCUT2D eigenvalue weighted by Crippen LogP contribution is -2.29. The smallest absolute Gasteiger partial charge is 0.288 e. The number of hydrogen-bond acceptors (Lipinski definition) is 7. The van der Waals surface area contributed by atoms with Crippen LogP contribution in [-0.2, 0) is 0 Å². The van der Waals surface area contributed by atoms with Crippen molar-refractivity contribution in [3.63, 3.8) is 0 Å². The first-order valence-electron chi connectivity index (χ1n) is 8.83. The molecule has 2 N–H and O–H groups in total. The van der Waals surface area contributed by atoms with Crippen LogP contribution in [0.3, 0.4) is 0 Å². The zero-order valence-corrected chi connectivity index (χ0v) is 16.9. The molecule has 1 aliphatic rings. The first-order valence-corrected chi connectivity index (χ1v) is 9.59. The highest BCUT2D eigenvalue weighted by molar-refractivity contribution is 6.36. The minimum atomic E-state index is -0.520. The molecule has 1 atom stereocenters. The number of hydrogen-bond donors (Lipinski definition) is 2. The summed E-state index contributed by atoms with van der Waals surface area (Å²) in [4.78, 5) is 12.7. The van der Waals surface area contributed by atoms with E-state index >= 15 is 0 Å². The number of ether oxygens (including phenoxy) is 1. The largest absolute Gasteiger partial charge is 0.497 e. The lowest BCUT2D eigenvalue weighted by atomic mass is 9.92. The van der Waals surface area contributed by atoms with E-state index in [0.29, 0.717) is 44.3 Å². The second-order valence-corrected chi connectivity index (χ2v) is 7.41. The molecule has 0 spiro atoms. The van der Waals surface area contributed by atoms with Crippen LogP contribution in [0.4, 0.5) is 11.6 Å². The molecule has 5 rings (SSSR count). The number of aromatic nitrogens is 6. The van der Waals surface area contributed by atoms with Gasteiger partial charge < -0.3 is 10.1 Å². The summed E-state index contributed by atoms with van der Waals surface area (Å²) in [6.45, 7) is 0. The van der Waals surface area contributed by atoms with Crippen LogP contribution in [0.5, 0.6) is 5.75 Å². The van der Waals surface area contributed by atoms with Crippen LogP contribution in [0.15, 0.2) is 47.3 Å². The topological polar surface area (TPSA) is 111 Å². The van der Waals surface area contributed by atoms with Crippen LogP contribution in [-0.4, -0.2) is 37.5 Å². The van der Waals surface area contributed by atoms with Crippen molar-refractivity contribution < 1.29 is 4.74 Å². The van der Waals surface area contributed by atoms with E-state index in [4.69, 9.17) is 27.9 Å². The summed E-state index contributed by atoms with van der Waals surface area (Å²) in [7, 11) is 1.60. The fourth-order valence-corrected chi connectivity index (χ4v) is 4.02. The van der Waals surface area contributed by atoms with Crippen molar-refractivity contribution in [1.82, 2.24) is 30.4 Å². The molecule has 11 heteroatoms. The molecular formula is C19H13Cl2N7O2. The molecule has 2 aromatic carbocycles. The summed E-state index contributed by atoms with van der Waals surface area (Å²) in [6, 6.07) is 12.0. The number of fused-ring (bicyclic) bond motifs is 2. The number of anilines is 2. The fourth-order valence-electron chi connectivity index (χ4n) is 3.52. The summed E-state index contributed by atoms with van der Waals surface area (Å²) in [6.07, 6.45) is 0. The normalized spacial score (nSPS) is 14.6. The molecule has 4 aromatic rings. The van der Waals surface area contributed by atoms with Gasteiger partial charge in [0.25, 0.3) is 5.56 Å². The molecule has 0 saturated heterocycles. The molecule has 3 heterocycles. The minimum Gasteiger partial charge on any atom is -0.497 e. The van der Waals surface area contributed by atoms with Gasteiger partial charge in [-0.3, -0.25) is 4.79 Å². The predicted molar refractivity (Wildman–Crippen MR) is 112 cm³/mol. The monoisotopic (exact) mass is 441 g/mol. The average molecular weight is 442 g/mol. The van der Waals surface area contributed by atoms with Crippen molar-refractivity contribution in [3.8, 4) is 17.0 Å². The van der Waals surface area contributed by atoms with E-state index in [1.807, 2.05) is 24.3 Å². The zero-order chi connectivity index (χ0) is 20.8. The Kier molecular flexibility index (Phi) is 4.41. The van der Waals surface area contributed by atoms with Gasteiger partial charge in [-0.1, -0.05) is 40.4 Å². The highest BCUT2D eigenvalue weighted by Gasteiger charge is 2.34. The number of methoxy groups -OCH3 is 1. The number of aromatic amines is 1. The van der Waals surface area contributed by atoms with Gasteiger partial charge in [0.2, 0.25) is 5.95 Å². The van der Waals surface area contributed by atoms with E-state index < -0.39 is 11.6 Å². The van der Waals surface area contributed by atoms with Crippen LogP contribution in [0.25, 0.3) is 11.3 Å². The molecule has 0 aliphatic carbocycles. The van der Waals surface area contributed by atoms with Gasteiger partial charge in [-0.2, -0.15) is 9.78 Å². The van der Waals surface area contributed by atoms with Crippen LogP contribution < -0.4 is 15.6 Å². The molecule has 1 aliphatic heterocycles. The van der Waals surface area contributed by atoms with Gasteiger partial charge in [0.05, 0.1) is 12.1 Å². The number of H-pyrrole nitrogens is 1. The number of nitrogens with one attached hydrogen (secondary N) is 2. The second-order valence-electron chi connectivity index (χ2n) is 6.56. The van der Waals surface area contributed by atoms with Gasteiger partial charge in [0.15, 0.2) is 0 Å². The lowest BCUT2D eigenvalue weighted by Gasteiger charge is -2.28. The second kappa shape index (κ2) is 7.12. The molecule has 9 nitrogen and oxygen atoms in total.